The van der Waals surface area contributed by atoms with Gasteiger partial charge in [-0.15, -0.1) is 0 Å². The van der Waals surface area contributed by atoms with Crippen LogP contribution >= 0.6 is 0 Å². The van der Waals surface area contributed by atoms with Crippen molar-refractivity contribution < 1.29 is 9.21 Å². The molecular formula is C9H12N2O2. The topological polar surface area (TPSA) is 55.1 Å². The van der Waals surface area contributed by atoms with Crippen LogP contribution in [0.4, 0.5) is 0 Å². The average Bonchev–Trinajstić information content (AvgIpc) is 2.53. The van der Waals surface area contributed by atoms with Gasteiger partial charge in [-0.25, -0.2) is 4.98 Å². The highest BCUT2D eigenvalue weighted by molar-refractivity contribution is 5.85. The molecule has 1 aliphatic rings. The molecule has 1 unspecified atom stereocenters. The SMILES string of the molecule is Cc1coc(C2CNCCC2=O)n1. The number of carbonyl (C=O) groups is 1. The first-order valence-corrected chi connectivity index (χ1v) is 4.43. The Balaban J connectivity index is 2.19. The number of aromatic nitrogens is 1. The third kappa shape index (κ3) is 1.62. The predicted octanol–water partition coefficient (Wildman–Crippen LogP) is 0.629. The molecule has 0 aromatic carbocycles. The van der Waals surface area contributed by atoms with E-state index in [0.29, 0.717) is 18.9 Å². The van der Waals surface area contributed by atoms with E-state index < -0.39 is 0 Å². The number of nitrogens with zero attached hydrogens (tertiary/aromatic N) is 1. The number of aryl methyl sites for hydroxylation is 1. The number of Topliss-reactive ketones (excluding diaryl/α,β-unsaturated/α-hetero) is 1. The summed E-state index contributed by atoms with van der Waals surface area (Å²) in [6.07, 6.45) is 2.16. The van der Waals surface area contributed by atoms with Crippen LogP contribution < -0.4 is 5.32 Å². The number of hydrogen-bond donors (Lipinski definition) is 1. The Bertz CT molecular complexity index is 319. The first kappa shape index (κ1) is 8.44. The molecule has 1 aromatic rings. The van der Waals surface area contributed by atoms with Crippen molar-refractivity contribution in [2.45, 2.75) is 19.3 Å². The van der Waals surface area contributed by atoms with Crippen LogP contribution in [0, 0.1) is 6.92 Å². The highest BCUT2D eigenvalue weighted by Gasteiger charge is 2.27. The molecule has 1 fully saturated rings. The summed E-state index contributed by atoms with van der Waals surface area (Å²) in [5.41, 5.74) is 0.827. The van der Waals surface area contributed by atoms with E-state index in [4.69, 9.17) is 4.42 Å². The smallest absolute Gasteiger partial charge is 0.206 e. The number of hydrogen-bond acceptors (Lipinski definition) is 4. The lowest BCUT2D eigenvalue weighted by Crippen LogP contribution is -2.35. The monoisotopic (exact) mass is 180 g/mol. The molecule has 1 aliphatic heterocycles. The second-order valence-corrected chi connectivity index (χ2v) is 3.30. The molecule has 0 amide bonds. The number of nitrogens with one attached hydrogen (secondary N) is 1. The summed E-state index contributed by atoms with van der Waals surface area (Å²) in [5, 5.41) is 3.15. The third-order valence-electron chi connectivity index (χ3n) is 2.22. The number of carbonyl (C=O) groups excluding carboxylic acids is 1. The maximum atomic E-state index is 11.5. The molecule has 4 heteroatoms. The summed E-state index contributed by atoms with van der Waals surface area (Å²) in [6, 6.07) is 0. The molecule has 1 N–H and O–H groups in total. The Morgan fingerprint density at radius 1 is 1.69 bits per heavy atom. The van der Waals surface area contributed by atoms with E-state index in [1.54, 1.807) is 6.26 Å². The zero-order chi connectivity index (χ0) is 9.26. The molecule has 4 nitrogen and oxygen atoms in total. The van der Waals surface area contributed by atoms with Crippen LogP contribution in [0.5, 0.6) is 0 Å². The van der Waals surface area contributed by atoms with Gasteiger partial charge in [0.1, 0.15) is 18.0 Å². The van der Waals surface area contributed by atoms with Gasteiger partial charge in [-0.05, 0) is 6.92 Å². The van der Waals surface area contributed by atoms with Crippen molar-refractivity contribution in [3.63, 3.8) is 0 Å². The van der Waals surface area contributed by atoms with Crippen molar-refractivity contribution in [2.24, 2.45) is 0 Å². The van der Waals surface area contributed by atoms with Gasteiger partial charge in [-0.2, -0.15) is 0 Å². The van der Waals surface area contributed by atoms with Crippen LogP contribution in [0.15, 0.2) is 10.7 Å². The van der Waals surface area contributed by atoms with E-state index in [-0.39, 0.29) is 11.7 Å². The molecule has 2 heterocycles. The van der Waals surface area contributed by atoms with Gasteiger partial charge >= 0.3 is 0 Å². The fourth-order valence-corrected chi connectivity index (χ4v) is 1.50. The molecule has 0 aliphatic carbocycles. The highest BCUT2D eigenvalue weighted by Crippen LogP contribution is 2.19. The summed E-state index contributed by atoms with van der Waals surface area (Å²) >= 11 is 0. The van der Waals surface area contributed by atoms with Gasteiger partial charge < -0.3 is 9.73 Å². The van der Waals surface area contributed by atoms with Gasteiger partial charge in [-0.1, -0.05) is 0 Å². The average molecular weight is 180 g/mol. The van der Waals surface area contributed by atoms with Crippen LogP contribution in [0.1, 0.15) is 23.9 Å². The van der Waals surface area contributed by atoms with Gasteiger partial charge in [-0.3, -0.25) is 4.79 Å². The van der Waals surface area contributed by atoms with Crippen molar-refractivity contribution in [2.75, 3.05) is 13.1 Å². The molecule has 1 saturated heterocycles. The normalized spacial score (nSPS) is 23.5. The Hall–Kier alpha value is -1.16. The van der Waals surface area contributed by atoms with Crippen molar-refractivity contribution in [1.82, 2.24) is 10.3 Å². The lowest BCUT2D eigenvalue weighted by atomic mass is 9.98. The molecule has 0 saturated carbocycles. The Kier molecular flexibility index (Phi) is 2.14. The molecule has 70 valence electrons. The second-order valence-electron chi connectivity index (χ2n) is 3.30. The van der Waals surface area contributed by atoms with E-state index in [1.165, 1.54) is 0 Å². The minimum Gasteiger partial charge on any atom is -0.448 e. The van der Waals surface area contributed by atoms with Gasteiger partial charge in [0, 0.05) is 19.5 Å². The minimum atomic E-state index is -0.178. The molecular weight excluding hydrogens is 168 g/mol. The van der Waals surface area contributed by atoms with Crippen molar-refractivity contribution in [3.8, 4) is 0 Å². The molecule has 13 heavy (non-hydrogen) atoms. The zero-order valence-corrected chi connectivity index (χ0v) is 7.54. The third-order valence-corrected chi connectivity index (χ3v) is 2.22. The summed E-state index contributed by atoms with van der Waals surface area (Å²) in [7, 11) is 0. The largest absolute Gasteiger partial charge is 0.448 e. The fraction of sp³-hybridized carbons (Fsp3) is 0.556. The minimum absolute atomic E-state index is 0.178. The zero-order valence-electron chi connectivity index (χ0n) is 7.54. The predicted molar refractivity (Wildman–Crippen MR) is 46.5 cm³/mol. The quantitative estimate of drug-likeness (QED) is 0.688. The molecule has 0 radical (unpaired) electrons. The van der Waals surface area contributed by atoms with E-state index in [0.717, 1.165) is 12.2 Å². The molecule has 2 rings (SSSR count). The summed E-state index contributed by atoms with van der Waals surface area (Å²) in [6.45, 7) is 3.28. The van der Waals surface area contributed by atoms with E-state index in [2.05, 4.69) is 10.3 Å². The van der Waals surface area contributed by atoms with Crippen molar-refractivity contribution >= 4 is 5.78 Å². The van der Waals surface area contributed by atoms with Gasteiger partial charge in [0.25, 0.3) is 0 Å². The second kappa shape index (κ2) is 3.30. The standard InChI is InChI=1S/C9H12N2O2/c1-6-5-13-9(11-6)7-4-10-3-2-8(7)12/h5,7,10H,2-4H2,1H3. The van der Waals surface area contributed by atoms with Crippen LogP contribution in [-0.4, -0.2) is 23.9 Å². The lowest BCUT2D eigenvalue weighted by Gasteiger charge is -2.18. The Morgan fingerprint density at radius 2 is 2.54 bits per heavy atom. The molecule has 1 aromatic heterocycles. The van der Waals surface area contributed by atoms with Crippen molar-refractivity contribution in [3.05, 3.63) is 17.8 Å². The maximum Gasteiger partial charge on any atom is 0.206 e. The molecule has 1 atom stereocenters. The van der Waals surface area contributed by atoms with Gasteiger partial charge in [0.05, 0.1) is 5.69 Å². The number of piperidine rings is 1. The van der Waals surface area contributed by atoms with Crippen LogP contribution in [0.25, 0.3) is 0 Å². The maximum absolute atomic E-state index is 11.5. The number of ketones is 1. The van der Waals surface area contributed by atoms with Crippen LogP contribution in [0.3, 0.4) is 0 Å². The van der Waals surface area contributed by atoms with Crippen LogP contribution in [-0.2, 0) is 4.79 Å². The van der Waals surface area contributed by atoms with E-state index in [9.17, 15) is 4.79 Å². The van der Waals surface area contributed by atoms with Crippen molar-refractivity contribution in [1.29, 1.82) is 0 Å². The van der Waals surface area contributed by atoms with Crippen LogP contribution in [0.2, 0.25) is 0 Å². The van der Waals surface area contributed by atoms with E-state index >= 15 is 0 Å². The molecule has 0 spiro atoms. The number of rotatable bonds is 1. The summed E-state index contributed by atoms with van der Waals surface area (Å²) in [4.78, 5) is 15.6. The van der Waals surface area contributed by atoms with E-state index in [1.807, 2.05) is 6.92 Å². The van der Waals surface area contributed by atoms with Gasteiger partial charge in [0.2, 0.25) is 5.89 Å². The first-order chi connectivity index (χ1) is 6.27. The Labute approximate surface area is 76.3 Å². The first-order valence-electron chi connectivity index (χ1n) is 4.43. The fourth-order valence-electron chi connectivity index (χ4n) is 1.50. The summed E-state index contributed by atoms with van der Waals surface area (Å²) < 4.78 is 5.20. The number of oxazole rings is 1. The lowest BCUT2D eigenvalue weighted by molar-refractivity contribution is -0.121. The highest BCUT2D eigenvalue weighted by atomic mass is 16.3. The molecule has 0 bridgehead atoms. The van der Waals surface area contributed by atoms with Gasteiger partial charge in [0.15, 0.2) is 0 Å². The Morgan fingerprint density at radius 3 is 3.15 bits per heavy atom. The summed E-state index contributed by atoms with van der Waals surface area (Å²) in [5.74, 6) is 0.595.